The molecule has 4 nitrogen and oxygen atoms in total. The van der Waals surface area contributed by atoms with Crippen LogP contribution >= 0.6 is 0 Å². The third-order valence-electron chi connectivity index (χ3n) is 4.11. The normalized spacial score (nSPS) is 12.8. The molecule has 0 saturated carbocycles. The molecule has 2 aromatic rings. The van der Waals surface area contributed by atoms with Crippen molar-refractivity contribution in [3.63, 3.8) is 0 Å². The number of methoxy groups -OCH3 is 2. The Labute approximate surface area is 135 Å². The molecule has 0 aliphatic carbocycles. The number of anilines is 1. The molecule has 0 unspecified atom stereocenters. The second-order valence-corrected chi connectivity index (χ2v) is 5.42. The summed E-state index contributed by atoms with van der Waals surface area (Å²) in [6.45, 7) is 2.55. The number of amides is 1. The summed E-state index contributed by atoms with van der Waals surface area (Å²) in [6, 6.07) is 15.6. The van der Waals surface area contributed by atoms with Crippen LogP contribution in [0.3, 0.4) is 0 Å². The van der Waals surface area contributed by atoms with E-state index in [0.29, 0.717) is 12.5 Å². The number of nitrogens with zero attached hydrogens (tertiary/aromatic N) is 1. The van der Waals surface area contributed by atoms with Crippen LogP contribution in [-0.4, -0.2) is 20.1 Å². The molecule has 0 N–H and O–H groups in total. The lowest BCUT2D eigenvalue weighted by atomic mass is 10.1. The van der Waals surface area contributed by atoms with Crippen molar-refractivity contribution in [2.45, 2.75) is 13.5 Å². The van der Waals surface area contributed by atoms with Crippen LogP contribution in [0.5, 0.6) is 0 Å². The second-order valence-electron chi connectivity index (χ2n) is 5.42. The Morgan fingerprint density at radius 1 is 1.00 bits per heavy atom. The topological polar surface area (TPSA) is 38.8 Å². The molecule has 0 bridgehead atoms. The van der Waals surface area contributed by atoms with E-state index in [-0.39, 0.29) is 5.91 Å². The minimum absolute atomic E-state index is 0.0510. The van der Waals surface area contributed by atoms with Crippen LogP contribution in [0, 0.1) is 0 Å². The minimum Gasteiger partial charge on any atom is -0.469 e. The largest absolute Gasteiger partial charge is 0.469 e. The fraction of sp³-hybridized carbons (Fsp3) is 0.211. The van der Waals surface area contributed by atoms with Crippen molar-refractivity contribution in [1.82, 2.24) is 0 Å². The van der Waals surface area contributed by atoms with Crippen molar-refractivity contribution >= 4 is 17.2 Å². The van der Waals surface area contributed by atoms with Gasteiger partial charge in [0.05, 0.1) is 20.8 Å². The van der Waals surface area contributed by atoms with E-state index in [9.17, 15) is 4.79 Å². The summed E-state index contributed by atoms with van der Waals surface area (Å²) >= 11 is 0. The number of hydrogen-bond donors (Lipinski definition) is 0. The maximum atomic E-state index is 12.5. The zero-order chi connectivity index (χ0) is 16.4. The molecule has 1 aliphatic heterocycles. The van der Waals surface area contributed by atoms with Crippen molar-refractivity contribution < 1.29 is 14.3 Å². The molecule has 1 amide bonds. The van der Waals surface area contributed by atoms with Gasteiger partial charge in [-0.05, 0) is 36.2 Å². The van der Waals surface area contributed by atoms with Gasteiger partial charge in [-0.15, -0.1) is 0 Å². The Hall–Kier alpha value is -2.75. The second kappa shape index (κ2) is 6.16. The van der Waals surface area contributed by atoms with Gasteiger partial charge in [-0.25, -0.2) is 0 Å². The zero-order valence-corrected chi connectivity index (χ0v) is 13.5. The lowest BCUT2D eigenvalue weighted by Gasteiger charge is -2.16. The average molecular weight is 309 g/mol. The third-order valence-corrected chi connectivity index (χ3v) is 4.11. The highest BCUT2D eigenvalue weighted by Gasteiger charge is 2.27. The van der Waals surface area contributed by atoms with Crippen molar-refractivity contribution in [3.05, 3.63) is 71.2 Å². The third kappa shape index (κ3) is 2.68. The fourth-order valence-electron chi connectivity index (χ4n) is 2.86. The predicted octanol–water partition coefficient (Wildman–Crippen LogP) is 3.83. The highest BCUT2D eigenvalue weighted by molar-refractivity contribution is 6.10. The number of ether oxygens (including phenoxy) is 2. The molecule has 1 heterocycles. The SMILES string of the molecule is COC(OC)=C(C)c1ccc(N2Cc3ccccc3C2=O)cc1. The molecule has 0 fully saturated rings. The van der Waals surface area contributed by atoms with E-state index >= 15 is 0 Å². The summed E-state index contributed by atoms with van der Waals surface area (Å²) in [7, 11) is 3.16. The molecule has 0 atom stereocenters. The van der Waals surface area contributed by atoms with Crippen LogP contribution in [-0.2, 0) is 16.0 Å². The van der Waals surface area contributed by atoms with Crippen molar-refractivity contribution in [2.24, 2.45) is 0 Å². The van der Waals surface area contributed by atoms with Crippen LogP contribution in [0.1, 0.15) is 28.4 Å². The molecule has 0 saturated heterocycles. The van der Waals surface area contributed by atoms with Gasteiger partial charge < -0.3 is 14.4 Å². The van der Waals surface area contributed by atoms with E-state index in [2.05, 4.69) is 0 Å². The maximum absolute atomic E-state index is 12.5. The molecule has 0 radical (unpaired) electrons. The molecule has 118 valence electrons. The first-order valence-corrected chi connectivity index (χ1v) is 7.44. The van der Waals surface area contributed by atoms with Crippen LogP contribution in [0.4, 0.5) is 5.69 Å². The maximum Gasteiger partial charge on any atom is 0.282 e. The molecule has 0 spiro atoms. The minimum atomic E-state index is 0.0510. The summed E-state index contributed by atoms with van der Waals surface area (Å²) in [5, 5.41) is 0. The Morgan fingerprint density at radius 3 is 2.26 bits per heavy atom. The number of rotatable bonds is 4. The monoisotopic (exact) mass is 309 g/mol. The number of carbonyl (C=O) groups excluding carboxylic acids is 1. The molecular weight excluding hydrogens is 290 g/mol. The van der Waals surface area contributed by atoms with Crippen LogP contribution < -0.4 is 4.90 Å². The van der Waals surface area contributed by atoms with Gasteiger partial charge in [0.1, 0.15) is 0 Å². The predicted molar refractivity (Wildman–Crippen MR) is 90.0 cm³/mol. The van der Waals surface area contributed by atoms with E-state index in [1.54, 1.807) is 19.1 Å². The van der Waals surface area contributed by atoms with Gasteiger partial charge in [-0.2, -0.15) is 0 Å². The Kier molecular flexibility index (Phi) is 4.06. The molecule has 3 rings (SSSR count). The van der Waals surface area contributed by atoms with Crippen LogP contribution in [0.15, 0.2) is 54.5 Å². The van der Waals surface area contributed by atoms with Crippen LogP contribution in [0.25, 0.3) is 5.57 Å². The van der Waals surface area contributed by atoms with Gasteiger partial charge in [0.25, 0.3) is 11.9 Å². The Morgan fingerprint density at radius 2 is 1.65 bits per heavy atom. The number of benzene rings is 2. The van der Waals surface area contributed by atoms with E-state index < -0.39 is 0 Å². The highest BCUT2D eigenvalue weighted by atomic mass is 16.7. The van der Waals surface area contributed by atoms with Crippen molar-refractivity contribution in [1.29, 1.82) is 0 Å². The summed E-state index contributed by atoms with van der Waals surface area (Å²) in [5.74, 6) is 0.539. The molecule has 4 heteroatoms. The van der Waals surface area contributed by atoms with Crippen molar-refractivity contribution in [3.8, 4) is 0 Å². The molecular formula is C19H19NO3. The van der Waals surface area contributed by atoms with E-state index in [0.717, 1.165) is 28.0 Å². The molecule has 2 aromatic carbocycles. The van der Waals surface area contributed by atoms with Gasteiger partial charge in [-0.3, -0.25) is 4.79 Å². The van der Waals surface area contributed by atoms with Gasteiger partial charge in [0.2, 0.25) is 0 Å². The van der Waals surface area contributed by atoms with Crippen LogP contribution in [0.2, 0.25) is 0 Å². The van der Waals surface area contributed by atoms with E-state index in [1.165, 1.54) is 0 Å². The fourth-order valence-corrected chi connectivity index (χ4v) is 2.86. The number of carbonyl (C=O) groups is 1. The quantitative estimate of drug-likeness (QED) is 0.806. The lowest BCUT2D eigenvalue weighted by molar-refractivity contribution is 0.0977. The number of allylic oxidation sites excluding steroid dienone is 1. The van der Waals surface area contributed by atoms with E-state index in [4.69, 9.17) is 9.47 Å². The zero-order valence-electron chi connectivity index (χ0n) is 13.5. The lowest BCUT2D eigenvalue weighted by Crippen LogP contribution is -2.22. The van der Waals surface area contributed by atoms with Crippen molar-refractivity contribution in [2.75, 3.05) is 19.1 Å². The number of fused-ring (bicyclic) bond motifs is 1. The van der Waals surface area contributed by atoms with Gasteiger partial charge in [0, 0.05) is 16.8 Å². The summed E-state index contributed by atoms with van der Waals surface area (Å²) in [6.07, 6.45) is 0. The number of hydrogen-bond acceptors (Lipinski definition) is 3. The molecule has 1 aliphatic rings. The molecule has 23 heavy (non-hydrogen) atoms. The first-order chi connectivity index (χ1) is 11.2. The summed E-state index contributed by atoms with van der Waals surface area (Å²) < 4.78 is 10.4. The van der Waals surface area contributed by atoms with Gasteiger partial charge in [0.15, 0.2) is 0 Å². The smallest absolute Gasteiger partial charge is 0.282 e. The average Bonchev–Trinajstić information content (AvgIpc) is 2.93. The van der Waals surface area contributed by atoms with Gasteiger partial charge in [-0.1, -0.05) is 30.3 Å². The highest BCUT2D eigenvalue weighted by Crippen LogP contribution is 2.29. The summed E-state index contributed by atoms with van der Waals surface area (Å²) in [5.41, 5.74) is 4.65. The first kappa shape index (κ1) is 15.2. The standard InChI is InChI=1S/C19H19NO3/c1-13(19(22-2)23-3)14-8-10-16(11-9-14)20-12-15-6-4-5-7-17(15)18(20)21/h4-11H,12H2,1-3H3. The molecule has 0 aromatic heterocycles. The Balaban J connectivity index is 1.87. The summed E-state index contributed by atoms with van der Waals surface area (Å²) in [4.78, 5) is 14.3. The first-order valence-electron chi connectivity index (χ1n) is 7.44. The van der Waals surface area contributed by atoms with Gasteiger partial charge >= 0.3 is 0 Å². The Bertz CT molecular complexity index is 756. The van der Waals surface area contributed by atoms with E-state index in [1.807, 2.05) is 55.5 Å².